The van der Waals surface area contributed by atoms with E-state index in [0.717, 1.165) is 49.3 Å². The van der Waals surface area contributed by atoms with Gasteiger partial charge in [0.25, 0.3) is 11.6 Å². The molecule has 0 aliphatic carbocycles. The molecule has 2 aromatic rings. The van der Waals surface area contributed by atoms with Crippen LogP contribution in [0.1, 0.15) is 35.7 Å². The Morgan fingerprint density at radius 1 is 1.13 bits per heavy atom. The van der Waals surface area contributed by atoms with Crippen molar-refractivity contribution in [3.05, 3.63) is 63.7 Å². The van der Waals surface area contributed by atoms with Crippen LogP contribution < -0.4 is 5.32 Å². The summed E-state index contributed by atoms with van der Waals surface area (Å²) in [7, 11) is -3.85. The highest BCUT2D eigenvalue weighted by atomic mass is 32.2. The SMILES string of the molecule is CCCCc1ccc(NC(=O)COC(=O)c2ccc(S(C)(=O)=O)c([N+](=O)[O-])c2)cc1. The molecule has 0 aliphatic heterocycles. The van der Waals surface area contributed by atoms with Gasteiger partial charge in [0.2, 0.25) is 0 Å². The number of rotatable bonds is 9. The minimum Gasteiger partial charge on any atom is -0.452 e. The summed E-state index contributed by atoms with van der Waals surface area (Å²) in [6.45, 7) is 1.51. The predicted octanol–water partition coefficient (Wildman–Crippen LogP) is 3.14. The number of aryl methyl sites for hydroxylation is 1. The molecule has 2 rings (SSSR count). The minimum atomic E-state index is -3.85. The average molecular weight is 434 g/mol. The van der Waals surface area contributed by atoms with Crippen LogP contribution in [0.2, 0.25) is 0 Å². The van der Waals surface area contributed by atoms with Gasteiger partial charge in [-0.3, -0.25) is 14.9 Å². The number of carbonyl (C=O) groups excluding carboxylic acids is 2. The van der Waals surface area contributed by atoms with Gasteiger partial charge < -0.3 is 10.1 Å². The minimum absolute atomic E-state index is 0.234. The van der Waals surface area contributed by atoms with Gasteiger partial charge in [-0.15, -0.1) is 0 Å². The first-order chi connectivity index (χ1) is 14.1. The number of benzene rings is 2. The molecular weight excluding hydrogens is 412 g/mol. The number of hydrogen-bond acceptors (Lipinski definition) is 7. The number of amides is 1. The van der Waals surface area contributed by atoms with Gasteiger partial charge >= 0.3 is 5.97 Å². The maximum Gasteiger partial charge on any atom is 0.338 e. The molecule has 160 valence electrons. The van der Waals surface area contributed by atoms with Crippen molar-refractivity contribution in [1.29, 1.82) is 0 Å². The van der Waals surface area contributed by atoms with Crippen LogP contribution in [0.15, 0.2) is 47.4 Å². The molecule has 0 spiro atoms. The van der Waals surface area contributed by atoms with Gasteiger partial charge in [-0.1, -0.05) is 25.5 Å². The fourth-order valence-corrected chi connectivity index (χ4v) is 3.48. The molecule has 0 radical (unpaired) electrons. The zero-order valence-corrected chi connectivity index (χ0v) is 17.4. The van der Waals surface area contributed by atoms with Crippen LogP contribution in [0, 0.1) is 10.1 Å². The van der Waals surface area contributed by atoms with Crippen molar-refractivity contribution in [3.8, 4) is 0 Å². The third kappa shape index (κ3) is 6.38. The van der Waals surface area contributed by atoms with E-state index in [2.05, 4.69) is 12.2 Å². The van der Waals surface area contributed by atoms with Crippen molar-refractivity contribution in [2.75, 3.05) is 18.2 Å². The van der Waals surface area contributed by atoms with Crippen molar-refractivity contribution in [2.24, 2.45) is 0 Å². The Morgan fingerprint density at radius 2 is 1.80 bits per heavy atom. The van der Waals surface area contributed by atoms with Crippen LogP contribution in [-0.4, -0.2) is 38.1 Å². The summed E-state index contributed by atoms with van der Waals surface area (Å²) < 4.78 is 28.1. The van der Waals surface area contributed by atoms with E-state index in [1.807, 2.05) is 12.1 Å². The number of sulfone groups is 1. The van der Waals surface area contributed by atoms with E-state index in [9.17, 15) is 28.1 Å². The molecule has 10 heteroatoms. The number of nitro benzene ring substituents is 1. The summed E-state index contributed by atoms with van der Waals surface area (Å²) in [5.74, 6) is -1.56. The number of esters is 1. The lowest BCUT2D eigenvalue weighted by atomic mass is 10.1. The highest BCUT2D eigenvalue weighted by molar-refractivity contribution is 7.90. The molecule has 1 N–H and O–H groups in total. The van der Waals surface area contributed by atoms with Crippen LogP contribution in [0.3, 0.4) is 0 Å². The molecular formula is C20H22N2O7S. The molecule has 0 saturated heterocycles. The Kier molecular flexibility index (Phi) is 7.65. The lowest BCUT2D eigenvalue weighted by Crippen LogP contribution is -2.21. The molecule has 0 heterocycles. The number of unbranched alkanes of at least 4 members (excludes halogenated alkanes) is 1. The van der Waals surface area contributed by atoms with Crippen LogP contribution in [0.4, 0.5) is 11.4 Å². The Bertz CT molecular complexity index is 1050. The molecule has 30 heavy (non-hydrogen) atoms. The lowest BCUT2D eigenvalue weighted by Gasteiger charge is -2.08. The second kappa shape index (κ2) is 9.97. The summed E-state index contributed by atoms with van der Waals surface area (Å²) in [6, 6.07) is 10.2. The summed E-state index contributed by atoms with van der Waals surface area (Å²) in [6.07, 6.45) is 3.94. The van der Waals surface area contributed by atoms with Gasteiger partial charge in [0.05, 0.1) is 10.5 Å². The molecule has 0 aromatic heterocycles. The summed E-state index contributed by atoms with van der Waals surface area (Å²) in [4.78, 5) is 33.8. The molecule has 0 aliphatic rings. The molecule has 0 bridgehead atoms. The molecule has 0 unspecified atom stereocenters. The zero-order chi connectivity index (χ0) is 22.3. The number of ether oxygens (including phenoxy) is 1. The second-order valence-electron chi connectivity index (χ2n) is 6.64. The van der Waals surface area contributed by atoms with Crippen molar-refractivity contribution < 1.29 is 27.7 Å². The summed E-state index contributed by atoms with van der Waals surface area (Å²) in [5, 5.41) is 13.7. The third-order valence-electron chi connectivity index (χ3n) is 4.18. The third-order valence-corrected chi connectivity index (χ3v) is 5.33. The molecule has 0 saturated carbocycles. The van der Waals surface area contributed by atoms with E-state index in [1.165, 1.54) is 0 Å². The van der Waals surface area contributed by atoms with Gasteiger partial charge in [0.1, 0.15) is 4.90 Å². The first-order valence-electron chi connectivity index (χ1n) is 9.16. The van der Waals surface area contributed by atoms with Crippen molar-refractivity contribution in [1.82, 2.24) is 0 Å². The topological polar surface area (TPSA) is 133 Å². The van der Waals surface area contributed by atoms with Crippen LogP contribution in [0.5, 0.6) is 0 Å². The molecule has 0 fully saturated rings. The van der Waals surface area contributed by atoms with Gasteiger partial charge in [0.15, 0.2) is 16.4 Å². The Labute approximate surface area is 174 Å². The van der Waals surface area contributed by atoms with Crippen LogP contribution >= 0.6 is 0 Å². The van der Waals surface area contributed by atoms with Gasteiger partial charge in [0, 0.05) is 18.0 Å². The fraction of sp³-hybridized carbons (Fsp3) is 0.300. The highest BCUT2D eigenvalue weighted by Gasteiger charge is 2.24. The quantitative estimate of drug-likeness (QED) is 0.364. The number of anilines is 1. The van der Waals surface area contributed by atoms with E-state index in [4.69, 9.17) is 4.74 Å². The lowest BCUT2D eigenvalue weighted by molar-refractivity contribution is -0.387. The molecule has 0 atom stereocenters. The number of hydrogen-bond donors (Lipinski definition) is 1. The smallest absolute Gasteiger partial charge is 0.338 e. The van der Waals surface area contributed by atoms with E-state index in [-0.39, 0.29) is 5.56 Å². The normalized spacial score (nSPS) is 11.0. The number of nitrogens with one attached hydrogen (secondary N) is 1. The van der Waals surface area contributed by atoms with E-state index in [1.54, 1.807) is 12.1 Å². The summed E-state index contributed by atoms with van der Waals surface area (Å²) >= 11 is 0. The maximum absolute atomic E-state index is 12.1. The van der Waals surface area contributed by atoms with Crippen molar-refractivity contribution in [3.63, 3.8) is 0 Å². The summed E-state index contributed by atoms with van der Waals surface area (Å²) in [5.41, 5.74) is 0.728. The van der Waals surface area contributed by atoms with Gasteiger partial charge in [-0.05, 0) is 42.7 Å². The molecule has 1 amide bonds. The van der Waals surface area contributed by atoms with Gasteiger partial charge in [-0.25, -0.2) is 13.2 Å². The van der Waals surface area contributed by atoms with E-state index in [0.29, 0.717) is 5.69 Å². The van der Waals surface area contributed by atoms with Crippen molar-refractivity contribution in [2.45, 2.75) is 31.1 Å². The van der Waals surface area contributed by atoms with Crippen LogP contribution in [-0.2, 0) is 25.8 Å². The van der Waals surface area contributed by atoms with E-state index < -0.39 is 43.8 Å². The maximum atomic E-state index is 12.1. The second-order valence-corrected chi connectivity index (χ2v) is 8.62. The standard InChI is InChI=1S/C20H22N2O7S/c1-3-4-5-14-6-9-16(10-7-14)21-19(23)13-29-20(24)15-8-11-18(30(2,27)28)17(12-15)22(25)26/h6-12H,3-5,13H2,1-2H3,(H,21,23). The predicted molar refractivity (Wildman–Crippen MR) is 110 cm³/mol. The number of carbonyl (C=O) groups is 2. The average Bonchev–Trinajstić information content (AvgIpc) is 2.70. The van der Waals surface area contributed by atoms with Crippen molar-refractivity contribution >= 4 is 33.1 Å². The zero-order valence-electron chi connectivity index (χ0n) is 16.6. The van der Waals surface area contributed by atoms with Crippen LogP contribution in [0.25, 0.3) is 0 Å². The molecule has 2 aromatic carbocycles. The Morgan fingerprint density at radius 3 is 2.37 bits per heavy atom. The Hall–Kier alpha value is -3.27. The first-order valence-corrected chi connectivity index (χ1v) is 11.1. The molecule has 9 nitrogen and oxygen atoms in total. The monoisotopic (exact) mass is 434 g/mol. The Balaban J connectivity index is 1.99. The number of nitrogens with zero attached hydrogens (tertiary/aromatic N) is 1. The largest absolute Gasteiger partial charge is 0.452 e. The highest BCUT2D eigenvalue weighted by Crippen LogP contribution is 2.25. The first kappa shape index (κ1) is 23.0. The van der Waals surface area contributed by atoms with E-state index >= 15 is 0 Å². The number of nitro groups is 1. The fourth-order valence-electron chi connectivity index (χ4n) is 2.65. The van der Waals surface area contributed by atoms with Gasteiger partial charge in [-0.2, -0.15) is 0 Å².